The van der Waals surface area contributed by atoms with Crippen LogP contribution in [-0.4, -0.2) is 0 Å². The van der Waals surface area contributed by atoms with E-state index in [2.05, 4.69) is 39.8 Å². The van der Waals surface area contributed by atoms with Crippen molar-refractivity contribution in [1.29, 1.82) is 0 Å². The topological polar surface area (TPSA) is 0 Å². The molecule has 0 spiro atoms. The van der Waals surface area contributed by atoms with Crippen LogP contribution < -0.4 is 0 Å². The first kappa shape index (κ1) is 17.8. The molecule has 0 aromatic heterocycles. The second-order valence-corrected chi connectivity index (χ2v) is 8.10. The molecule has 2 aliphatic carbocycles. The molecule has 0 atom stereocenters. The van der Waals surface area contributed by atoms with E-state index in [0.29, 0.717) is 0 Å². The molecule has 0 bridgehead atoms. The molecule has 0 saturated carbocycles. The molecule has 0 aliphatic heterocycles. The van der Waals surface area contributed by atoms with Crippen molar-refractivity contribution in [2.24, 2.45) is 0 Å². The van der Waals surface area contributed by atoms with E-state index in [1.54, 1.807) is 17.7 Å². The van der Waals surface area contributed by atoms with Gasteiger partial charge in [0, 0.05) is 0 Å². The Morgan fingerprint density at radius 2 is 1.12 bits per heavy atom. The Morgan fingerprint density at radius 1 is 0.765 bits per heavy atom. The van der Waals surface area contributed by atoms with E-state index < -0.39 is 23.2 Å². The summed E-state index contributed by atoms with van der Waals surface area (Å²) in [4.78, 5) is 0. The molecule has 0 nitrogen and oxygen atoms in total. The molecule has 0 aromatic rings. The number of rotatable bonds is 2. The van der Waals surface area contributed by atoms with Crippen molar-refractivity contribution in [3.05, 3.63) is 41.0 Å². The number of hydrogen-bond acceptors (Lipinski definition) is 0. The maximum atomic E-state index is 2.40. The van der Waals surface area contributed by atoms with Crippen LogP contribution in [0.4, 0.5) is 0 Å². The molecule has 0 fully saturated rings. The van der Waals surface area contributed by atoms with E-state index in [-0.39, 0.29) is 34.0 Å². The van der Waals surface area contributed by atoms with Crippen molar-refractivity contribution in [3.63, 3.8) is 0 Å². The van der Waals surface area contributed by atoms with Gasteiger partial charge in [0.05, 0.1) is 0 Å². The molecule has 0 unspecified atom stereocenters. The third-order valence-electron chi connectivity index (χ3n) is 3.61. The van der Waals surface area contributed by atoms with Crippen LogP contribution in [-0.2, 0) is 23.2 Å². The summed E-state index contributed by atoms with van der Waals surface area (Å²) >= 11 is -0.438. The van der Waals surface area contributed by atoms with Gasteiger partial charge in [0.1, 0.15) is 0 Å². The Hall–Kier alpha value is 0.803. The third kappa shape index (κ3) is 3.88. The van der Waals surface area contributed by atoms with Gasteiger partial charge in [-0.1, -0.05) is 0 Å². The van der Waals surface area contributed by atoms with Gasteiger partial charge >= 0.3 is 105 Å². The van der Waals surface area contributed by atoms with Gasteiger partial charge in [0.2, 0.25) is 0 Å². The molecule has 3 heteroatoms. The van der Waals surface area contributed by atoms with Crippen LogP contribution in [0.5, 0.6) is 0 Å². The monoisotopic (exact) mass is 436 g/mol. The van der Waals surface area contributed by atoms with E-state index in [9.17, 15) is 0 Å². The van der Waals surface area contributed by atoms with Crippen LogP contribution in [0.3, 0.4) is 0 Å². The zero-order chi connectivity index (χ0) is 11.0. The fourth-order valence-electron chi connectivity index (χ4n) is 2.07. The fraction of sp³-hybridized carbons (Fsp3) is 0.429. The van der Waals surface area contributed by atoms with Gasteiger partial charge in [-0.25, -0.2) is 0 Å². The molecule has 0 saturated heterocycles. The second kappa shape index (κ2) is 7.41. The Bertz CT molecular complexity index is 386. The van der Waals surface area contributed by atoms with Crippen molar-refractivity contribution >= 4 is 34.0 Å². The Labute approximate surface area is 137 Å². The van der Waals surface area contributed by atoms with Crippen molar-refractivity contribution in [2.75, 3.05) is 0 Å². The van der Waals surface area contributed by atoms with Crippen LogP contribution in [0.25, 0.3) is 0 Å². The van der Waals surface area contributed by atoms with Gasteiger partial charge < -0.3 is 0 Å². The first-order chi connectivity index (χ1) is 7.09. The molecule has 0 heterocycles. The Kier molecular flexibility index (Phi) is 7.76. The number of allylic oxidation sites excluding steroid dienone is 8. The van der Waals surface area contributed by atoms with Gasteiger partial charge in [-0.05, 0) is 0 Å². The van der Waals surface area contributed by atoms with E-state index in [0.717, 1.165) is 0 Å². The molecule has 0 N–H and O–H groups in total. The SMILES string of the molecule is Br.Br.CC1=CC[C]([Zr][C]2=C(C)C(C)=CC2)=C1C. The summed E-state index contributed by atoms with van der Waals surface area (Å²) in [5.74, 6) is 0. The summed E-state index contributed by atoms with van der Waals surface area (Å²) in [5.41, 5.74) is 6.25. The first-order valence-electron chi connectivity index (χ1n) is 5.60. The zero-order valence-corrected chi connectivity index (χ0v) is 16.8. The average Bonchev–Trinajstić information content (AvgIpc) is 2.68. The van der Waals surface area contributed by atoms with Crippen molar-refractivity contribution in [3.8, 4) is 0 Å². The molecular formula is C14H20Br2Zr. The van der Waals surface area contributed by atoms with Gasteiger partial charge in [-0.15, -0.1) is 34.0 Å². The number of hydrogen-bond donors (Lipinski definition) is 0. The average molecular weight is 439 g/mol. The number of halogens is 2. The summed E-state index contributed by atoms with van der Waals surface area (Å²) in [7, 11) is 0. The van der Waals surface area contributed by atoms with Gasteiger partial charge in [-0.3, -0.25) is 0 Å². The van der Waals surface area contributed by atoms with E-state index in [1.165, 1.54) is 24.0 Å². The molecule has 0 aromatic carbocycles. The molecule has 94 valence electrons. The zero-order valence-electron chi connectivity index (χ0n) is 10.9. The van der Waals surface area contributed by atoms with Gasteiger partial charge in [-0.2, -0.15) is 0 Å². The summed E-state index contributed by atoms with van der Waals surface area (Å²) in [5, 5.41) is 0. The van der Waals surface area contributed by atoms with Crippen LogP contribution >= 0.6 is 34.0 Å². The molecule has 2 rings (SSSR count). The molecule has 17 heavy (non-hydrogen) atoms. The molecular weight excluding hydrogens is 419 g/mol. The molecule has 0 amide bonds. The van der Waals surface area contributed by atoms with Gasteiger partial charge in [0.25, 0.3) is 0 Å². The minimum atomic E-state index is -0.438. The minimum absolute atomic E-state index is 0. The van der Waals surface area contributed by atoms with Crippen molar-refractivity contribution < 1.29 is 23.2 Å². The van der Waals surface area contributed by atoms with Crippen LogP contribution in [0, 0.1) is 0 Å². The summed E-state index contributed by atoms with van der Waals surface area (Å²) in [6.45, 7) is 9.11. The quantitative estimate of drug-likeness (QED) is 0.535. The Morgan fingerprint density at radius 3 is 1.35 bits per heavy atom. The maximum absolute atomic E-state index is 2.40. The summed E-state index contributed by atoms with van der Waals surface area (Å²) in [6, 6.07) is 0. The summed E-state index contributed by atoms with van der Waals surface area (Å²) < 4.78 is 3.60. The van der Waals surface area contributed by atoms with Gasteiger partial charge in [0.15, 0.2) is 0 Å². The standard InChI is InChI=1S/2C7H9.2BrH.Zr/c2*1-6-4-3-5-7(6)2;;;/h2*4H,3H2,1-2H3;2*1H;. The molecule has 0 radical (unpaired) electrons. The Balaban J connectivity index is 0.00000128. The van der Waals surface area contributed by atoms with Crippen molar-refractivity contribution in [1.82, 2.24) is 0 Å². The van der Waals surface area contributed by atoms with Crippen LogP contribution in [0.15, 0.2) is 41.0 Å². The first-order valence-corrected chi connectivity index (χ1v) is 8.06. The van der Waals surface area contributed by atoms with Crippen LogP contribution in [0.2, 0.25) is 0 Å². The second-order valence-electron chi connectivity index (χ2n) is 4.51. The third-order valence-corrected chi connectivity index (χ3v) is 7.95. The van der Waals surface area contributed by atoms with E-state index >= 15 is 0 Å². The predicted molar refractivity (Wildman–Crippen MR) is 82.8 cm³/mol. The summed E-state index contributed by atoms with van der Waals surface area (Å²) in [6.07, 6.45) is 7.30. The van der Waals surface area contributed by atoms with E-state index in [1.807, 2.05) is 0 Å². The van der Waals surface area contributed by atoms with E-state index in [4.69, 9.17) is 0 Å². The molecule has 2 aliphatic rings. The predicted octanol–water partition coefficient (Wildman–Crippen LogP) is 5.47. The normalized spacial score (nSPS) is 18.6. The van der Waals surface area contributed by atoms with Crippen molar-refractivity contribution in [2.45, 2.75) is 40.5 Å². The fourth-order valence-corrected chi connectivity index (χ4v) is 5.86. The van der Waals surface area contributed by atoms with Crippen LogP contribution in [0.1, 0.15) is 40.5 Å².